The minimum Gasteiger partial charge on any atom is -0.507 e. The second-order valence-electron chi connectivity index (χ2n) is 6.72. The van der Waals surface area contributed by atoms with E-state index in [9.17, 15) is 5.11 Å². The first kappa shape index (κ1) is 16.4. The molecule has 5 rings (SSSR count). The number of nitrogens with zero attached hydrogens (tertiary/aromatic N) is 2. The number of fused-ring (bicyclic) bond motifs is 3. The minimum atomic E-state index is -0.483. The highest BCUT2D eigenvalue weighted by atomic mass is 79.9. The Morgan fingerprint density at radius 3 is 2.59 bits per heavy atom. The van der Waals surface area contributed by atoms with Gasteiger partial charge in [0.1, 0.15) is 11.5 Å². The number of hydrogen-bond donors (Lipinski definition) is 1. The first-order valence-electron chi connectivity index (χ1n) is 8.86. The zero-order chi connectivity index (χ0) is 18.4. The van der Waals surface area contributed by atoms with Crippen molar-refractivity contribution in [2.45, 2.75) is 18.7 Å². The molecule has 0 radical (unpaired) electrons. The molecule has 27 heavy (non-hydrogen) atoms. The number of rotatable bonds is 2. The van der Waals surface area contributed by atoms with Gasteiger partial charge in [-0.3, -0.25) is 0 Å². The molecule has 0 unspecified atom stereocenters. The molecule has 2 heterocycles. The fraction of sp³-hybridized carbons (Fsp3) is 0.136. The molecule has 0 aromatic heterocycles. The normalized spacial score (nSPS) is 20.5. The van der Waals surface area contributed by atoms with Crippen LogP contribution >= 0.6 is 15.9 Å². The number of halogens is 1. The third kappa shape index (κ3) is 2.79. The van der Waals surface area contributed by atoms with Gasteiger partial charge in [0.15, 0.2) is 0 Å². The Labute approximate surface area is 165 Å². The van der Waals surface area contributed by atoms with Crippen LogP contribution in [0.3, 0.4) is 0 Å². The predicted octanol–water partition coefficient (Wildman–Crippen LogP) is 5.40. The van der Waals surface area contributed by atoms with Crippen molar-refractivity contribution >= 4 is 21.6 Å². The van der Waals surface area contributed by atoms with E-state index in [4.69, 9.17) is 9.84 Å². The van der Waals surface area contributed by atoms with Gasteiger partial charge < -0.3 is 9.84 Å². The molecule has 0 aliphatic carbocycles. The molecule has 0 saturated heterocycles. The summed E-state index contributed by atoms with van der Waals surface area (Å²) < 4.78 is 7.18. The molecule has 2 aliphatic heterocycles. The molecule has 3 aromatic carbocycles. The van der Waals surface area contributed by atoms with Gasteiger partial charge >= 0.3 is 0 Å². The number of phenolic OH excluding ortho intramolecular Hbond substituents is 1. The first-order valence-corrected chi connectivity index (χ1v) is 9.65. The van der Waals surface area contributed by atoms with E-state index in [1.165, 1.54) is 0 Å². The van der Waals surface area contributed by atoms with Crippen LogP contribution in [0.15, 0.2) is 82.4 Å². The number of hydrogen-bond acceptors (Lipinski definition) is 4. The highest BCUT2D eigenvalue weighted by Gasteiger charge is 2.41. The Morgan fingerprint density at radius 1 is 0.963 bits per heavy atom. The number of aromatic hydroxyl groups is 1. The topological polar surface area (TPSA) is 45.1 Å². The molecule has 0 spiro atoms. The van der Waals surface area contributed by atoms with Crippen LogP contribution in [-0.2, 0) is 0 Å². The maximum atomic E-state index is 10.5. The van der Waals surface area contributed by atoms with Crippen molar-refractivity contribution in [3.05, 3.63) is 94.0 Å². The van der Waals surface area contributed by atoms with Crippen molar-refractivity contribution in [3.8, 4) is 11.5 Å². The SMILES string of the molecule is Oc1ccc(Br)cc1[C@H]1Oc2ccccc2[C@@H]2CC(c3ccccc3)=NN12. The average molecular weight is 421 g/mol. The van der Waals surface area contributed by atoms with Gasteiger partial charge in [0, 0.05) is 16.5 Å². The third-order valence-electron chi connectivity index (χ3n) is 5.06. The predicted molar refractivity (Wildman–Crippen MR) is 108 cm³/mol. The molecular weight excluding hydrogens is 404 g/mol. The van der Waals surface area contributed by atoms with Gasteiger partial charge in [-0.15, -0.1) is 0 Å². The summed E-state index contributed by atoms with van der Waals surface area (Å²) in [6, 6.07) is 23.7. The minimum absolute atomic E-state index is 0.0773. The molecule has 1 N–H and O–H groups in total. The quantitative estimate of drug-likeness (QED) is 0.603. The van der Waals surface area contributed by atoms with E-state index >= 15 is 0 Å². The summed E-state index contributed by atoms with van der Waals surface area (Å²) >= 11 is 3.49. The van der Waals surface area contributed by atoms with Crippen LogP contribution in [0, 0.1) is 0 Å². The third-order valence-corrected chi connectivity index (χ3v) is 5.55. The van der Waals surface area contributed by atoms with E-state index in [2.05, 4.69) is 34.1 Å². The van der Waals surface area contributed by atoms with Crippen molar-refractivity contribution in [2.75, 3.05) is 0 Å². The number of para-hydroxylation sites is 1. The van der Waals surface area contributed by atoms with Crippen LogP contribution < -0.4 is 4.74 Å². The van der Waals surface area contributed by atoms with Gasteiger partial charge in [-0.2, -0.15) is 5.10 Å². The van der Waals surface area contributed by atoms with Crippen molar-refractivity contribution in [1.82, 2.24) is 5.01 Å². The monoisotopic (exact) mass is 420 g/mol. The Hall–Kier alpha value is -2.79. The highest BCUT2D eigenvalue weighted by molar-refractivity contribution is 9.10. The first-order chi connectivity index (χ1) is 13.2. The van der Waals surface area contributed by atoms with Gasteiger partial charge in [0.25, 0.3) is 0 Å². The molecule has 3 aromatic rings. The standard InChI is InChI=1S/C22H17BrN2O2/c23-15-10-11-20(26)17(12-15)22-25-19(16-8-4-5-9-21(16)27-22)13-18(24-25)14-6-2-1-3-7-14/h1-12,19,22,26H,13H2/t19-,22+/m0/s1. The molecule has 2 atom stereocenters. The van der Waals surface area contributed by atoms with E-state index in [1.807, 2.05) is 53.5 Å². The number of phenols is 1. The summed E-state index contributed by atoms with van der Waals surface area (Å²) in [5.41, 5.74) is 3.96. The Morgan fingerprint density at radius 2 is 1.74 bits per heavy atom. The molecule has 2 aliphatic rings. The largest absolute Gasteiger partial charge is 0.507 e. The summed E-state index contributed by atoms with van der Waals surface area (Å²) in [5.74, 6) is 1.04. The van der Waals surface area contributed by atoms with Crippen molar-refractivity contribution < 1.29 is 9.84 Å². The van der Waals surface area contributed by atoms with Crippen LogP contribution in [0.25, 0.3) is 0 Å². The Bertz CT molecular complexity index is 1040. The van der Waals surface area contributed by atoms with Gasteiger partial charge in [0.05, 0.1) is 17.3 Å². The fourth-order valence-corrected chi connectivity index (χ4v) is 4.15. The van der Waals surface area contributed by atoms with Gasteiger partial charge in [-0.05, 0) is 29.8 Å². The molecule has 134 valence electrons. The molecule has 0 fully saturated rings. The average Bonchev–Trinajstić information content (AvgIpc) is 3.16. The molecule has 0 amide bonds. The van der Waals surface area contributed by atoms with Crippen LogP contribution in [-0.4, -0.2) is 15.8 Å². The molecule has 0 saturated carbocycles. The summed E-state index contributed by atoms with van der Waals surface area (Å²) in [6.07, 6.45) is 0.318. The lowest BCUT2D eigenvalue weighted by atomic mass is 9.96. The Kier molecular flexibility index (Phi) is 3.90. The van der Waals surface area contributed by atoms with Crippen molar-refractivity contribution in [3.63, 3.8) is 0 Å². The smallest absolute Gasteiger partial charge is 0.217 e. The van der Waals surface area contributed by atoms with E-state index < -0.39 is 6.23 Å². The lowest BCUT2D eigenvalue weighted by Gasteiger charge is -2.38. The molecule has 0 bridgehead atoms. The summed E-state index contributed by atoms with van der Waals surface area (Å²) in [4.78, 5) is 0. The second kappa shape index (κ2) is 6.43. The number of benzene rings is 3. The second-order valence-corrected chi connectivity index (χ2v) is 7.64. The van der Waals surface area contributed by atoms with Crippen LogP contribution in [0.5, 0.6) is 11.5 Å². The van der Waals surface area contributed by atoms with Gasteiger partial charge in [-0.1, -0.05) is 64.5 Å². The van der Waals surface area contributed by atoms with E-state index in [-0.39, 0.29) is 11.8 Å². The zero-order valence-corrected chi connectivity index (χ0v) is 16.0. The van der Waals surface area contributed by atoms with Gasteiger partial charge in [0.2, 0.25) is 6.23 Å². The van der Waals surface area contributed by atoms with Crippen LogP contribution in [0.4, 0.5) is 0 Å². The van der Waals surface area contributed by atoms with E-state index in [0.29, 0.717) is 5.56 Å². The van der Waals surface area contributed by atoms with Crippen LogP contribution in [0.2, 0.25) is 0 Å². The lowest BCUT2D eigenvalue weighted by Crippen LogP contribution is -2.33. The zero-order valence-electron chi connectivity index (χ0n) is 14.4. The summed E-state index contributed by atoms with van der Waals surface area (Å²) in [6.45, 7) is 0. The molecule has 4 nitrogen and oxygen atoms in total. The Balaban J connectivity index is 1.63. The lowest BCUT2D eigenvalue weighted by molar-refractivity contribution is -0.0203. The molecule has 5 heteroatoms. The number of ether oxygens (including phenoxy) is 1. The van der Waals surface area contributed by atoms with Crippen molar-refractivity contribution in [1.29, 1.82) is 0 Å². The fourth-order valence-electron chi connectivity index (χ4n) is 3.77. The van der Waals surface area contributed by atoms with Gasteiger partial charge in [-0.25, -0.2) is 5.01 Å². The molecular formula is C22H17BrN2O2. The summed E-state index contributed by atoms with van der Waals surface area (Å²) in [5, 5.41) is 17.3. The van der Waals surface area contributed by atoms with E-state index in [0.717, 1.165) is 33.5 Å². The number of hydrazone groups is 1. The van der Waals surface area contributed by atoms with Crippen molar-refractivity contribution in [2.24, 2.45) is 5.10 Å². The van der Waals surface area contributed by atoms with Crippen LogP contribution in [0.1, 0.15) is 35.4 Å². The van der Waals surface area contributed by atoms with E-state index in [1.54, 1.807) is 6.07 Å². The summed E-state index contributed by atoms with van der Waals surface area (Å²) in [7, 11) is 0. The maximum absolute atomic E-state index is 10.5. The maximum Gasteiger partial charge on any atom is 0.217 e. The highest BCUT2D eigenvalue weighted by Crippen LogP contribution is 2.48.